The summed E-state index contributed by atoms with van der Waals surface area (Å²) in [5, 5.41) is 8.16. The van der Waals surface area contributed by atoms with Gasteiger partial charge in [0.05, 0.1) is 12.7 Å². The van der Waals surface area contributed by atoms with Gasteiger partial charge in [-0.05, 0) is 41.3 Å². The second-order valence-corrected chi connectivity index (χ2v) is 8.62. The number of primary amides is 1. The molecule has 166 valence electrons. The Bertz CT molecular complexity index is 1280. The minimum absolute atomic E-state index is 0.458. The number of hydrogen-bond acceptors (Lipinski definition) is 4. The summed E-state index contributed by atoms with van der Waals surface area (Å²) in [6.07, 6.45) is 5.14. The lowest BCUT2D eigenvalue weighted by Crippen LogP contribution is -2.16. The first kappa shape index (κ1) is 21.0. The summed E-state index contributed by atoms with van der Waals surface area (Å²) in [6.45, 7) is 1.38. The third-order valence-electron chi connectivity index (χ3n) is 6.22. The molecule has 1 heterocycles. The van der Waals surface area contributed by atoms with Gasteiger partial charge in [0, 0.05) is 47.1 Å². The zero-order valence-corrected chi connectivity index (χ0v) is 18.3. The molecule has 1 saturated carbocycles. The second kappa shape index (κ2) is 8.92. The number of carbonyl (C=O) groups is 1. The largest absolute Gasteiger partial charge is 0.398 e. The molecule has 0 saturated heterocycles. The van der Waals surface area contributed by atoms with E-state index in [9.17, 15) is 4.79 Å². The summed E-state index contributed by atoms with van der Waals surface area (Å²) < 4.78 is 1.91. The number of amides is 1. The van der Waals surface area contributed by atoms with Crippen molar-refractivity contribution in [3.8, 4) is 11.1 Å². The van der Waals surface area contributed by atoms with Crippen molar-refractivity contribution in [1.29, 1.82) is 0 Å². The topological polar surface area (TPSA) is 99.0 Å². The van der Waals surface area contributed by atoms with Crippen LogP contribution in [-0.4, -0.2) is 21.7 Å². The lowest BCUT2D eigenvalue weighted by molar-refractivity contribution is 0.100. The third-order valence-corrected chi connectivity index (χ3v) is 6.22. The molecule has 4 aromatic rings. The van der Waals surface area contributed by atoms with Crippen LogP contribution in [0, 0.1) is 0 Å². The van der Waals surface area contributed by atoms with Crippen molar-refractivity contribution in [2.45, 2.75) is 31.5 Å². The smallest absolute Gasteiger partial charge is 0.249 e. The number of nitrogens with two attached hydrogens (primary N) is 2. The fraction of sp³-hybridized carbons (Fsp3) is 0.185. The molecule has 2 atom stereocenters. The van der Waals surface area contributed by atoms with Crippen molar-refractivity contribution in [3.05, 3.63) is 107 Å². The maximum absolute atomic E-state index is 12.0. The van der Waals surface area contributed by atoms with Crippen LogP contribution in [0.15, 0.2) is 85.2 Å². The van der Waals surface area contributed by atoms with E-state index in [1.165, 1.54) is 12.0 Å². The molecule has 1 aliphatic rings. The van der Waals surface area contributed by atoms with Gasteiger partial charge in [0.15, 0.2) is 0 Å². The quantitative estimate of drug-likeness (QED) is 0.364. The molecule has 0 spiro atoms. The van der Waals surface area contributed by atoms with E-state index in [0.29, 0.717) is 29.8 Å². The number of rotatable bonds is 8. The summed E-state index contributed by atoms with van der Waals surface area (Å²) in [4.78, 5) is 12.0. The fourth-order valence-corrected chi connectivity index (χ4v) is 4.38. The van der Waals surface area contributed by atoms with Gasteiger partial charge >= 0.3 is 0 Å². The number of benzene rings is 3. The molecular formula is C27H27N5O. The van der Waals surface area contributed by atoms with Crippen molar-refractivity contribution in [2.75, 3.05) is 5.73 Å². The van der Waals surface area contributed by atoms with Crippen LogP contribution < -0.4 is 16.8 Å². The average molecular weight is 438 g/mol. The van der Waals surface area contributed by atoms with Gasteiger partial charge in [-0.3, -0.25) is 9.48 Å². The van der Waals surface area contributed by atoms with Crippen LogP contribution in [0.4, 0.5) is 5.69 Å². The van der Waals surface area contributed by atoms with E-state index in [2.05, 4.69) is 46.9 Å². The van der Waals surface area contributed by atoms with E-state index >= 15 is 0 Å². The number of nitrogens with one attached hydrogen (secondary N) is 1. The monoisotopic (exact) mass is 437 g/mol. The highest BCUT2D eigenvalue weighted by Crippen LogP contribution is 2.40. The number of aromatic nitrogens is 2. The number of para-hydroxylation sites is 1. The van der Waals surface area contributed by atoms with E-state index in [0.717, 1.165) is 28.8 Å². The van der Waals surface area contributed by atoms with Crippen molar-refractivity contribution < 1.29 is 4.79 Å². The van der Waals surface area contributed by atoms with E-state index < -0.39 is 5.91 Å². The minimum Gasteiger partial charge on any atom is -0.398 e. The van der Waals surface area contributed by atoms with Crippen molar-refractivity contribution in [3.63, 3.8) is 0 Å². The Morgan fingerprint density at radius 1 is 1.00 bits per heavy atom. The van der Waals surface area contributed by atoms with E-state index in [4.69, 9.17) is 11.5 Å². The Hall–Kier alpha value is -3.90. The molecule has 6 nitrogen and oxygen atoms in total. The van der Waals surface area contributed by atoms with Crippen LogP contribution in [-0.2, 0) is 13.1 Å². The van der Waals surface area contributed by atoms with Crippen LogP contribution in [0.5, 0.6) is 0 Å². The van der Waals surface area contributed by atoms with Crippen molar-refractivity contribution in [2.24, 2.45) is 5.73 Å². The predicted octanol–water partition coefficient (Wildman–Crippen LogP) is 3.93. The van der Waals surface area contributed by atoms with E-state index in [1.54, 1.807) is 6.07 Å². The molecule has 3 aromatic carbocycles. The normalized spacial score (nSPS) is 17.1. The van der Waals surface area contributed by atoms with Crippen molar-refractivity contribution >= 4 is 11.6 Å². The van der Waals surface area contributed by atoms with E-state index in [-0.39, 0.29) is 0 Å². The Labute approximate surface area is 193 Å². The molecule has 0 aliphatic heterocycles. The zero-order chi connectivity index (χ0) is 22.8. The maximum Gasteiger partial charge on any atom is 0.249 e. The molecule has 0 radical (unpaired) electrons. The SMILES string of the molecule is NC(=O)c1ccc(Cn2cc(CNC3CC3c3ccccc3)cn2)cc1-c1ccccc1N. The van der Waals surface area contributed by atoms with Crippen LogP contribution in [0.2, 0.25) is 0 Å². The minimum atomic E-state index is -0.471. The molecule has 1 amide bonds. The molecule has 6 heteroatoms. The Kier molecular flexibility index (Phi) is 5.67. The molecule has 1 aromatic heterocycles. The number of nitrogens with zero attached hydrogens (tertiary/aromatic N) is 2. The molecule has 1 fully saturated rings. The molecule has 1 aliphatic carbocycles. The highest BCUT2D eigenvalue weighted by Gasteiger charge is 2.37. The number of hydrogen-bond donors (Lipinski definition) is 3. The highest BCUT2D eigenvalue weighted by molar-refractivity contribution is 6.01. The molecule has 5 N–H and O–H groups in total. The van der Waals surface area contributed by atoms with Gasteiger partial charge in [-0.25, -0.2) is 0 Å². The third kappa shape index (κ3) is 4.66. The zero-order valence-electron chi connectivity index (χ0n) is 18.3. The summed E-state index contributed by atoms with van der Waals surface area (Å²) >= 11 is 0. The lowest BCUT2D eigenvalue weighted by atomic mass is 9.95. The molecule has 2 unspecified atom stereocenters. The second-order valence-electron chi connectivity index (χ2n) is 8.62. The summed E-state index contributed by atoms with van der Waals surface area (Å²) in [7, 11) is 0. The Morgan fingerprint density at radius 2 is 1.79 bits per heavy atom. The Balaban J connectivity index is 1.26. The van der Waals surface area contributed by atoms with Gasteiger partial charge in [-0.15, -0.1) is 0 Å². The first-order valence-electron chi connectivity index (χ1n) is 11.2. The average Bonchev–Trinajstić information content (AvgIpc) is 3.48. The molecule has 33 heavy (non-hydrogen) atoms. The van der Waals surface area contributed by atoms with Gasteiger partial charge in [0.1, 0.15) is 0 Å². The van der Waals surface area contributed by atoms with Gasteiger partial charge in [-0.2, -0.15) is 5.10 Å². The van der Waals surface area contributed by atoms with E-state index in [1.807, 2.05) is 47.3 Å². The lowest BCUT2D eigenvalue weighted by Gasteiger charge is -2.12. The maximum atomic E-state index is 12.0. The highest BCUT2D eigenvalue weighted by atomic mass is 16.1. The number of carbonyl (C=O) groups excluding carboxylic acids is 1. The standard InChI is InChI=1S/C27H27N5O/c28-25-9-5-4-8-21(25)24-12-18(10-11-22(24)27(29)33)16-32-17-19(15-31-32)14-30-26-13-23(26)20-6-2-1-3-7-20/h1-12,15,17,23,26,30H,13-14,16,28H2,(H2,29,33). The van der Waals surface area contributed by atoms with Gasteiger partial charge in [0.2, 0.25) is 5.91 Å². The predicted molar refractivity (Wildman–Crippen MR) is 131 cm³/mol. The van der Waals surface area contributed by atoms with Crippen LogP contribution in [0.3, 0.4) is 0 Å². The first-order valence-corrected chi connectivity index (χ1v) is 11.2. The summed E-state index contributed by atoms with van der Waals surface area (Å²) in [5.74, 6) is 0.134. The molecule has 0 bridgehead atoms. The van der Waals surface area contributed by atoms with Crippen LogP contribution in [0.1, 0.15) is 39.4 Å². The number of anilines is 1. The summed E-state index contributed by atoms with van der Waals surface area (Å²) in [5.41, 5.74) is 18.0. The van der Waals surface area contributed by atoms with Crippen LogP contribution in [0.25, 0.3) is 11.1 Å². The van der Waals surface area contributed by atoms with Gasteiger partial charge in [0.25, 0.3) is 0 Å². The molecular weight excluding hydrogens is 410 g/mol. The Morgan fingerprint density at radius 3 is 2.58 bits per heavy atom. The summed E-state index contributed by atoms with van der Waals surface area (Å²) in [6, 6.07) is 24.3. The van der Waals surface area contributed by atoms with Crippen LogP contribution >= 0.6 is 0 Å². The van der Waals surface area contributed by atoms with Gasteiger partial charge in [-0.1, -0.05) is 54.6 Å². The first-order chi connectivity index (χ1) is 16.1. The van der Waals surface area contributed by atoms with Gasteiger partial charge < -0.3 is 16.8 Å². The molecule has 5 rings (SSSR count). The fourth-order valence-electron chi connectivity index (χ4n) is 4.38. The van der Waals surface area contributed by atoms with Crippen molar-refractivity contribution in [1.82, 2.24) is 15.1 Å². The number of nitrogen functional groups attached to an aromatic ring is 1.